The SMILES string of the molecule is CCCCCCCCCCCCCC(=O)OC(C)COCCCCCCOCC(C)OC(=O)CCCCCCCCCCCCC. The fraction of sp³-hybridized carbons (Fsp3) is 0.950. The van der Waals surface area contributed by atoms with Crippen molar-refractivity contribution in [1.82, 2.24) is 0 Å². The maximum Gasteiger partial charge on any atom is 0.306 e. The largest absolute Gasteiger partial charge is 0.460 e. The molecular weight excluding hydrogens is 576 g/mol. The molecule has 0 saturated heterocycles. The van der Waals surface area contributed by atoms with E-state index in [1.807, 2.05) is 13.8 Å². The number of hydrogen-bond donors (Lipinski definition) is 0. The van der Waals surface area contributed by atoms with E-state index in [2.05, 4.69) is 13.8 Å². The standard InChI is InChI=1S/C40H78O6/c1-5-7-9-11-13-15-17-19-21-23-27-31-39(41)45-37(3)35-43-33-29-25-26-30-34-44-36-38(4)46-40(42)32-28-24-22-20-18-16-14-12-10-8-6-2/h37-38H,5-36H2,1-4H3. The van der Waals surface area contributed by atoms with Crippen molar-refractivity contribution < 1.29 is 28.5 Å². The van der Waals surface area contributed by atoms with Gasteiger partial charge in [0.15, 0.2) is 0 Å². The average molecular weight is 655 g/mol. The quantitative estimate of drug-likeness (QED) is 0.0490. The summed E-state index contributed by atoms with van der Waals surface area (Å²) in [6.07, 6.45) is 33.0. The lowest BCUT2D eigenvalue weighted by Gasteiger charge is -2.14. The van der Waals surface area contributed by atoms with E-state index in [0.29, 0.717) is 39.3 Å². The summed E-state index contributed by atoms with van der Waals surface area (Å²) in [5.41, 5.74) is 0. The van der Waals surface area contributed by atoms with Gasteiger partial charge in [-0.3, -0.25) is 9.59 Å². The Morgan fingerprint density at radius 2 is 0.652 bits per heavy atom. The summed E-state index contributed by atoms with van der Waals surface area (Å²) in [5, 5.41) is 0. The zero-order chi connectivity index (χ0) is 33.8. The highest BCUT2D eigenvalue weighted by molar-refractivity contribution is 5.69. The lowest BCUT2D eigenvalue weighted by Crippen LogP contribution is -2.20. The van der Waals surface area contributed by atoms with Crippen LogP contribution in [0.1, 0.15) is 207 Å². The average Bonchev–Trinajstić information content (AvgIpc) is 3.03. The molecule has 0 spiro atoms. The Kier molecular flexibility index (Phi) is 35.8. The molecule has 0 aliphatic rings. The molecule has 0 aliphatic heterocycles. The van der Waals surface area contributed by atoms with Crippen molar-refractivity contribution in [2.24, 2.45) is 0 Å². The molecule has 6 heteroatoms. The molecule has 0 aliphatic carbocycles. The van der Waals surface area contributed by atoms with Crippen molar-refractivity contribution in [1.29, 1.82) is 0 Å². The third-order valence-corrected chi connectivity index (χ3v) is 8.67. The first-order valence-corrected chi connectivity index (χ1v) is 20.0. The van der Waals surface area contributed by atoms with Crippen LogP contribution in [0.25, 0.3) is 0 Å². The lowest BCUT2D eigenvalue weighted by molar-refractivity contribution is -0.152. The number of hydrogen-bond acceptors (Lipinski definition) is 6. The number of ether oxygens (including phenoxy) is 4. The number of carbonyl (C=O) groups excluding carboxylic acids is 2. The summed E-state index contributed by atoms with van der Waals surface area (Å²) in [5.74, 6) is -0.194. The molecule has 0 aromatic heterocycles. The number of esters is 2. The van der Waals surface area contributed by atoms with E-state index in [1.54, 1.807) is 0 Å². The van der Waals surface area contributed by atoms with Crippen LogP contribution < -0.4 is 0 Å². The molecule has 0 fully saturated rings. The monoisotopic (exact) mass is 655 g/mol. The molecule has 6 nitrogen and oxygen atoms in total. The lowest BCUT2D eigenvalue weighted by atomic mass is 10.1. The maximum absolute atomic E-state index is 12.1. The first-order valence-electron chi connectivity index (χ1n) is 20.0. The van der Waals surface area contributed by atoms with Gasteiger partial charge in [-0.25, -0.2) is 0 Å². The van der Waals surface area contributed by atoms with E-state index in [9.17, 15) is 9.59 Å². The molecule has 46 heavy (non-hydrogen) atoms. The molecule has 2 unspecified atom stereocenters. The van der Waals surface area contributed by atoms with Crippen molar-refractivity contribution in [3.05, 3.63) is 0 Å². The van der Waals surface area contributed by atoms with Crippen LogP contribution in [0.4, 0.5) is 0 Å². The number of carbonyl (C=O) groups is 2. The highest BCUT2D eigenvalue weighted by Gasteiger charge is 2.11. The van der Waals surface area contributed by atoms with E-state index in [4.69, 9.17) is 18.9 Å². The normalized spacial score (nSPS) is 12.7. The highest BCUT2D eigenvalue weighted by atomic mass is 16.6. The van der Waals surface area contributed by atoms with Crippen LogP contribution in [0.15, 0.2) is 0 Å². The Morgan fingerprint density at radius 3 is 0.957 bits per heavy atom. The van der Waals surface area contributed by atoms with Gasteiger partial charge in [-0.05, 0) is 39.5 Å². The Bertz CT molecular complexity index is 585. The van der Waals surface area contributed by atoms with Gasteiger partial charge in [0.05, 0.1) is 13.2 Å². The summed E-state index contributed by atoms with van der Waals surface area (Å²) < 4.78 is 22.4. The van der Waals surface area contributed by atoms with E-state index in [1.165, 1.54) is 116 Å². The second kappa shape index (κ2) is 36.7. The summed E-state index contributed by atoms with van der Waals surface area (Å²) in [6, 6.07) is 0. The van der Waals surface area contributed by atoms with Crippen LogP contribution in [0.2, 0.25) is 0 Å². The molecule has 0 amide bonds. The molecule has 0 aromatic carbocycles. The van der Waals surface area contributed by atoms with Crippen molar-refractivity contribution in [3.8, 4) is 0 Å². The van der Waals surface area contributed by atoms with E-state index in [0.717, 1.165) is 51.4 Å². The van der Waals surface area contributed by atoms with Crippen molar-refractivity contribution in [2.45, 2.75) is 220 Å². The van der Waals surface area contributed by atoms with Crippen LogP contribution in [-0.2, 0) is 28.5 Å². The van der Waals surface area contributed by atoms with Gasteiger partial charge in [-0.1, -0.05) is 155 Å². The van der Waals surface area contributed by atoms with Crippen LogP contribution in [-0.4, -0.2) is 50.6 Å². The fourth-order valence-electron chi connectivity index (χ4n) is 5.76. The van der Waals surface area contributed by atoms with E-state index in [-0.39, 0.29) is 24.1 Å². The van der Waals surface area contributed by atoms with Crippen molar-refractivity contribution in [2.75, 3.05) is 26.4 Å². The topological polar surface area (TPSA) is 71.1 Å². The van der Waals surface area contributed by atoms with Crippen LogP contribution in [0.5, 0.6) is 0 Å². The Hall–Kier alpha value is -1.14. The second-order valence-electron chi connectivity index (χ2n) is 13.7. The zero-order valence-corrected chi connectivity index (χ0v) is 31.2. The zero-order valence-electron chi connectivity index (χ0n) is 31.2. The van der Waals surface area contributed by atoms with E-state index >= 15 is 0 Å². The van der Waals surface area contributed by atoms with Gasteiger partial charge in [-0.15, -0.1) is 0 Å². The molecular formula is C40H78O6. The molecule has 274 valence electrons. The van der Waals surface area contributed by atoms with E-state index < -0.39 is 0 Å². The Labute approximate surface area is 286 Å². The summed E-state index contributed by atoms with van der Waals surface area (Å²) in [6.45, 7) is 10.6. The number of unbranched alkanes of at least 4 members (excludes halogenated alkanes) is 23. The van der Waals surface area contributed by atoms with Gasteiger partial charge >= 0.3 is 11.9 Å². The van der Waals surface area contributed by atoms with Gasteiger partial charge in [0.25, 0.3) is 0 Å². The molecule has 0 aromatic rings. The van der Waals surface area contributed by atoms with Crippen LogP contribution in [0, 0.1) is 0 Å². The maximum atomic E-state index is 12.1. The molecule has 0 bridgehead atoms. The molecule has 0 rings (SSSR count). The van der Waals surface area contributed by atoms with Gasteiger partial charge in [0.2, 0.25) is 0 Å². The van der Waals surface area contributed by atoms with Gasteiger partial charge in [0.1, 0.15) is 12.2 Å². The minimum Gasteiger partial charge on any atom is -0.460 e. The molecule has 0 radical (unpaired) electrons. The predicted octanol–water partition coefficient (Wildman–Crippen LogP) is 11.8. The first-order chi connectivity index (χ1) is 22.5. The third kappa shape index (κ3) is 35.7. The highest BCUT2D eigenvalue weighted by Crippen LogP contribution is 2.14. The minimum absolute atomic E-state index is 0.0968. The Balaban J connectivity index is 3.42. The Morgan fingerprint density at radius 1 is 0.391 bits per heavy atom. The van der Waals surface area contributed by atoms with Crippen molar-refractivity contribution >= 4 is 11.9 Å². The van der Waals surface area contributed by atoms with Crippen molar-refractivity contribution in [3.63, 3.8) is 0 Å². The second-order valence-corrected chi connectivity index (χ2v) is 13.7. The summed E-state index contributed by atoms with van der Waals surface area (Å²) in [4.78, 5) is 24.1. The molecule has 0 saturated carbocycles. The molecule has 0 N–H and O–H groups in total. The van der Waals surface area contributed by atoms with Gasteiger partial charge in [0, 0.05) is 26.1 Å². The van der Waals surface area contributed by atoms with Gasteiger partial charge < -0.3 is 18.9 Å². The molecule has 0 heterocycles. The van der Waals surface area contributed by atoms with Crippen LogP contribution in [0.3, 0.4) is 0 Å². The fourth-order valence-corrected chi connectivity index (χ4v) is 5.76. The summed E-state index contributed by atoms with van der Waals surface area (Å²) in [7, 11) is 0. The third-order valence-electron chi connectivity index (χ3n) is 8.67. The minimum atomic E-state index is -0.190. The molecule has 2 atom stereocenters. The number of rotatable bonds is 37. The first kappa shape index (κ1) is 44.9. The predicted molar refractivity (Wildman–Crippen MR) is 193 cm³/mol. The smallest absolute Gasteiger partial charge is 0.306 e. The van der Waals surface area contributed by atoms with Gasteiger partial charge in [-0.2, -0.15) is 0 Å². The summed E-state index contributed by atoms with van der Waals surface area (Å²) >= 11 is 0. The van der Waals surface area contributed by atoms with Crippen LogP contribution >= 0.6 is 0 Å².